The van der Waals surface area contributed by atoms with Crippen molar-refractivity contribution in [3.8, 4) is 23.1 Å². The van der Waals surface area contributed by atoms with Gasteiger partial charge in [0.25, 0.3) is 0 Å². The lowest BCUT2D eigenvalue weighted by Gasteiger charge is -2.30. The van der Waals surface area contributed by atoms with Crippen molar-refractivity contribution in [2.24, 2.45) is 11.8 Å². The molecule has 4 N–H and O–H groups in total. The van der Waals surface area contributed by atoms with E-state index in [4.69, 9.17) is 9.47 Å². The monoisotopic (exact) mass is 754 g/mol. The van der Waals surface area contributed by atoms with Gasteiger partial charge in [0, 0.05) is 24.2 Å². The number of rotatable bonds is 9. The van der Waals surface area contributed by atoms with E-state index in [2.05, 4.69) is 42.4 Å². The lowest BCUT2D eigenvalue weighted by atomic mass is 10.0. The van der Waals surface area contributed by atoms with E-state index in [9.17, 15) is 19.2 Å². The van der Waals surface area contributed by atoms with Gasteiger partial charge in [-0.2, -0.15) is 0 Å². The number of methoxy groups -OCH3 is 2. The van der Waals surface area contributed by atoms with Crippen LogP contribution in [0.3, 0.4) is 0 Å². The number of nitrogens with zero attached hydrogens (tertiary/aromatic N) is 4. The first kappa shape index (κ1) is 38.8. The first-order chi connectivity index (χ1) is 26.4. The Morgan fingerprint density at radius 2 is 1.35 bits per heavy atom. The van der Waals surface area contributed by atoms with Gasteiger partial charge in [-0.3, -0.25) is 9.59 Å². The number of carbonyl (C=O) groups is 4. The molecule has 6 rings (SSSR count). The van der Waals surface area contributed by atoms with Crippen LogP contribution in [0.5, 0.6) is 0 Å². The fourth-order valence-electron chi connectivity index (χ4n) is 7.24. The van der Waals surface area contributed by atoms with E-state index in [0.29, 0.717) is 42.2 Å². The van der Waals surface area contributed by atoms with Crippen molar-refractivity contribution in [1.82, 2.24) is 40.4 Å². The Hall–Kier alpha value is -5.91. The average molecular weight is 755 g/mol. The van der Waals surface area contributed by atoms with Crippen molar-refractivity contribution in [2.75, 3.05) is 27.3 Å². The van der Waals surface area contributed by atoms with Crippen LogP contribution in [-0.4, -0.2) is 93.1 Å². The zero-order valence-corrected chi connectivity index (χ0v) is 31.9. The van der Waals surface area contributed by atoms with Crippen molar-refractivity contribution in [1.29, 1.82) is 0 Å². The molecule has 2 aromatic carbocycles. The van der Waals surface area contributed by atoms with Crippen molar-refractivity contribution in [3.63, 3.8) is 0 Å². The third kappa shape index (κ3) is 8.43. The van der Waals surface area contributed by atoms with Gasteiger partial charge in [0.05, 0.1) is 43.7 Å². The van der Waals surface area contributed by atoms with Crippen LogP contribution in [0, 0.1) is 29.5 Å². The second-order valence-corrected chi connectivity index (χ2v) is 14.6. The number of carbonyl (C=O) groups excluding carboxylic acids is 4. The van der Waals surface area contributed by atoms with E-state index < -0.39 is 36.1 Å². The number of ether oxygens (including phenoxy) is 2. The van der Waals surface area contributed by atoms with Crippen LogP contribution in [-0.2, 0) is 19.1 Å². The highest BCUT2D eigenvalue weighted by atomic mass is 19.1. The Bertz CT molecular complexity index is 2120. The molecule has 4 heterocycles. The number of aromatic nitrogens is 4. The number of hydrogen-bond donors (Lipinski definition) is 4. The maximum Gasteiger partial charge on any atom is 0.407 e. The minimum atomic E-state index is -0.774. The minimum absolute atomic E-state index is 0.128. The summed E-state index contributed by atoms with van der Waals surface area (Å²) >= 11 is 0. The summed E-state index contributed by atoms with van der Waals surface area (Å²) in [6, 6.07) is 8.52. The summed E-state index contributed by atoms with van der Waals surface area (Å²) in [5, 5.41) is 5.31. The molecule has 0 radical (unpaired) electrons. The predicted molar refractivity (Wildman–Crippen MR) is 202 cm³/mol. The highest BCUT2D eigenvalue weighted by Gasteiger charge is 2.39. The number of nitrogens with one attached hydrogen (secondary N) is 4. The fraction of sp³-hybridized carbons (Fsp3) is 0.450. The molecule has 55 heavy (non-hydrogen) atoms. The van der Waals surface area contributed by atoms with Gasteiger partial charge < -0.3 is 39.9 Å². The summed E-state index contributed by atoms with van der Waals surface area (Å²) in [5.41, 5.74) is 3.48. The lowest BCUT2D eigenvalue weighted by Crippen LogP contribution is -2.51. The molecule has 14 nitrogen and oxygen atoms in total. The number of benzene rings is 2. The average Bonchev–Trinajstić information content (AvgIpc) is 4.00. The van der Waals surface area contributed by atoms with Crippen LogP contribution in [0.15, 0.2) is 42.6 Å². The topological polar surface area (TPSA) is 175 Å². The molecule has 4 amide bonds. The molecule has 2 aliphatic rings. The molecule has 2 aliphatic heterocycles. The number of fused-ring (bicyclic) bond motifs is 1. The van der Waals surface area contributed by atoms with Crippen LogP contribution in [0.4, 0.5) is 14.0 Å². The molecule has 0 saturated carbocycles. The molecule has 0 bridgehead atoms. The number of amides is 4. The normalized spacial score (nSPS) is 17.9. The summed E-state index contributed by atoms with van der Waals surface area (Å²) in [4.78, 5) is 70.1. The summed E-state index contributed by atoms with van der Waals surface area (Å²) < 4.78 is 24.8. The number of alkyl carbamates (subject to hydrolysis) is 2. The molecule has 15 heteroatoms. The molecule has 290 valence electrons. The second-order valence-electron chi connectivity index (χ2n) is 14.6. The molecule has 4 atom stereocenters. The first-order valence-corrected chi connectivity index (χ1v) is 18.5. The van der Waals surface area contributed by atoms with Gasteiger partial charge in [-0.05, 0) is 67.3 Å². The van der Waals surface area contributed by atoms with Gasteiger partial charge in [-0.25, -0.2) is 23.9 Å². The lowest BCUT2D eigenvalue weighted by molar-refractivity contribution is -0.136. The summed E-state index contributed by atoms with van der Waals surface area (Å²) in [5.74, 6) is 6.06. The predicted octanol–water partition coefficient (Wildman–Crippen LogP) is 5.58. The Kier molecular flexibility index (Phi) is 11.7. The van der Waals surface area contributed by atoms with E-state index >= 15 is 4.39 Å². The van der Waals surface area contributed by atoms with E-state index in [0.717, 1.165) is 36.1 Å². The molecule has 2 saturated heterocycles. The summed E-state index contributed by atoms with van der Waals surface area (Å²) in [6.45, 7) is 8.50. The third-order valence-electron chi connectivity index (χ3n) is 10.2. The van der Waals surface area contributed by atoms with Crippen molar-refractivity contribution < 1.29 is 33.0 Å². The largest absolute Gasteiger partial charge is 0.453 e. The van der Waals surface area contributed by atoms with Crippen molar-refractivity contribution >= 4 is 35.0 Å². The SMILES string of the molecule is COC(=O)N[C@H](C(=O)N1CCC[C@H]1c1ncc(-c2ccc(C#Cc3cc(F)c4nc([C@@H]5CCCN5C(=O)[C@@H](NC(=O)OC)C(C)C)[nH]c4c3)cc2)[nH]1)C(C)C. The van der Waals surface area contributed by atoms with E-state index in [1.54, 1.807) is 22.1 Å². The quantitative estimate of drug-likeness (QED) is 0.160. The molecule has 4 aromatic rings. The maximum atomic E-state index is 15.4. The standard InChI is InChI=1S/C40H47FN8O6/c1-22(2)32(46-39(52)54-5)37(50)48-17-7-9-30(48)35-42-21-29(44-35)26-15-13-24(14-16-26)11-12-25-19-27(41)34-28(20-25)43-36(45-34)31-10-8-18-49(31)38(51)33(23(3)4)47-40(53)55-6/h13-16,19-23,30-33H,7-10,17-18H2,1-6H3,(H,42,44)(H,43,45)(H,46,52)(H,47,53)/t30-,31-,32-,33-/m0/s1. The van der Waals surface area contributed by atoms with Crippen LogP contribution in [0.25, 0.3) is 22.3 Å². The number of halogens is 1. The molecule has 2 fully saturated rings. The van der Waals surface area contributed by atoms with E-state index in [1.165, 1.54) is 20.3 Å². The van der Waals surface area contributed by atoms with Crippen LogP contribution < -0.4 is 10.6 Å². The van der Waals surface area contributed by atoms with Crippen LogP contribution in [0.2, 0.25) is 0 Å². The van der Waals surface area contributed by atoms with Gasteiger partial charge >= 0.3 is 12.2 Å². The minimum Gasteiger partial charge on any atom is -0.453 e. The van der Waals surface area contributed by atoms with Gasteiger partial charge in [0.1, 0.15) is 29.2 Å². The molecule has 0 unspecified atom stereocenters. The van der Waals surface area contributed by atoms with Gasteiger partial charge in [-0.15, -0.1) is 0 Å². The number of H-pyrrole nitrogens is 2. The molecule has 0 aliphatic carbocycles. The maximum absolute atomic E-state index is 15.4. The number of hydrogen-bond acceptors (Lipinski definition) is 8. The smallest absolute Gasteiger partial charge is 0.407 e. The zero-order chi connectivity index (χ0) is 39.4. The molecular formula is C40H47FN8O6. The Morgan fingerprint density at radius 1 is 0.800 bits per heavy atom. The summed E-state index contributed by atoms with van der Waals surface area (Å²) in [7, 11) is 2.52. The van der Waals surface area contributed by atoms with Gasteiger partial charge in [0.15, 0.2) is 5.82 Å². The van der Waals surface area contributed by atoms with Crippen LogP contribution in [0.1, 0.15) is 88.2 Å². The fourth-order valence-corrected chi connectivity index (χ4v) is 7.24. The first-order valence-electron chi connectivity index (χ1n) is 18.5. The van der Waals surface area contributed by atoms with E-state index in [-0.39, 0.29) is 35.2 Å². The Labute approximate surface area is 318 Å². The highest BCUT2D eigenvalue weighted by molar-refractivity contribution is 5.87. The molecule has 0 spiro atoms. The summed E-state index contributed by atoms with van der Waals surface area (Å²) in [6.07, 6.45) is 3.36. The van der Waals surface area contributed by atoms with Gasteiger partial charge in [0.2, 0.25) is 11.8 Å². The molecule has 2 aromatic heterocycles. The number of aromatic amines is 2. The van der Waals surface area contributed by atoms with Gasteiger partial charge in [-0.1, -0.05) is 51.7 Å². The van der Waals surface area contributed by atoms with E-state index in [1.807, 2.05) is 52.0 Å². The molecular weight excluding hydrogens is 707 g/mol. The Balaban J connectivity index is 1.14. The van der Waals surface area contributed by atoms with Crippen molar-refractivity contribution in [3.05, 3.63) is 71.2 Å². The Morgan fingerprint density at radius 3 is 1.89 bits per heavy atom. The third-order valence-corrected chi connectivity index (χ3v) is 10.2. The second kappa shape index (κ2) is 16.6. The van der Waals surface area contributed by atoms with Crippen molar-refractivity contribution in [2.45, 2.75) is 77.5 Å². The number of imidazole rings is 2. The highest BCUT2D eigenvalue weighted by Crippen LogP contribution is 2.34. The number of likely N-dealkylation sites (tertiary alicyclic amines) is 2. The zero-order valence-electron chi connectivity index (χ0n) is 31.9. The van der Waals surface area contributed by atoms with Crippen LogP contribution >= 0.6 is 0 Å².